The fraction of sp³-hybridized carbons (Fsp3) is 0.118. The van der Waals surface area contributed by atoms with Gasteiger partial charge in [0.15, 0.2) is 0 Å². The number of amides is 1. The highest BCUT2D eigenvalue weighted by Gasteiger charge is 2.08. The van der Waals surface area contributed by atoms with Crippen molar-refractivity contribution in [3.8, 4) is 11.5 Å². The second kappa shape index (κ2) is 7.28. The van der Waals surface area contributed by atoms with Crippen LogP contribution in [0, 0.1) is 0 Å². The minimum absolute atomic E-state index is 0.0729. The number of rotatable bonds is 5. The lowest BCUT2D eigenvalue weighted by molar-refractivity contribution is -0.116. The van der Waals surface area contributed by atoms with Crippen molar-refractivity contribution in [1.82, 2.24) is 5.32 Å². The van der Waals surface area contributed by atoms with Crippen LogP contribution in [0.15, 0.2) is 54.6 Å². The van der Waals surface area contributed by atoms with E-state index in [0.29, 0.717) is 5.56 Å². The summed E-state index contributed by atoms with van der Waals surface area (Å²) in [7, 11) is 0. The number of hydrogen-bond acceptors (Lipinski definition) is 4. The van der Waals surface area contributed by atoms with E-state index in [-0.39, 0.29) is 24.0 Å². The van der Waals surface area contributed by atoms with Gasteiger partial charge in [-0.3, -0.25) is 4.79 Å². The van der Waals surface area contributed by atoms with Gasteiger partial charge in [-0.05, 0) is 41.5 Å². The summed E-state index contributed by atoms with van der Waals surface area (Å²) >= 11 is 0. The van der Waals surface area contributed by atoms with Crippen molar-refractivity contribution in [2.75, 3.05) is 6.54 Å². The van der Waals surface area contributed by atoms with Crippen LogP contribution in [0.2, 0.25) is 0 Å². The molecule has 2 aromatic rings. The smallest absolute Gasteiger partial charge is 0.244 e. The molecule has 1 amide bonds. The Labute approximate surface area is 128 Å². The van der Waals surface area contributed by atoms with Crippen LogP contribution in [0.4, 0.5) is 0 Å². The minimum atomic E-state index is -0.841. The topological polar surface area (TPSA) is 89.8 Å². The second-order valence-electron chi connectivity index (χ2n) is 4.78. The Morgan fingerprint density at radius 2 is 1.55 bits per heavy atom. The van der Waals surface area contributed by atoms with E-state index in [9.17, 15) is 15.0 Å². The first-order valence-electron chi connectivity index (χ1n) is 6.76. The molecule has 2 rings (SSSR count). The quantitative estimate of drug-likeness (QED) is 0.635. The number of hydrogen-bond donors (Lipinski definition) is 4. The Kier molecular flexibility index (Phi) is 5.16. The molecule has 0 heterocycles. The van der Waals surface area contributed by atoms with Gasteiger partial charge >= 0.3 is 0 Å². The monoisotopic (exact) mass is 299 g/mol. The molecule has 0 aliphatic carbocycles. The van der Waals surface area contributed by atoms with Crippen LogP contribution in [-0.4, -0.2) is 27.8 Å². The highest BCUT2D eigenvalue weighted by atomic mass is 16.3. The molecule has 4 N–H and O–H groups in total. The molecule has 1 atom stereocenters. The summed E-state index contributed by atoms with van der Waals surface area (Å²) in [4.78, 5) is 11.7. The summed E-state index contributed by atoms with van der Waals surface area (Å²) in [6, 6.07) is 12.6. The van der Waals surface area contributed by atoms with Crippen LogP contribution < -0.4 is 5.32 Å². The first-order valence-corrected chi connectivity index (χ1v) is 6.76. The lowest BCUT2D eigenvalue weighted by Gasteiger charge is -2.11. The van der Waals surface area contributed by atoms with E-state index in [0.717, 1.165) is 5.56 Å². The third-order valence-electron chi connectivity index (χ3n) is 3.07. The fourth-order valence-electron chi connectivity index (χ4n) is 1.83. The third-order valence-corrected chi connectivity index (χ3v) is 3.07. The van der Waals surface area contributed by atoms with E-state index in [1.807, 2.05) is 0 Å². The molecule has 1 unspecified atom stereocenters. The van der Waals surface area contributed by atoms with Gasteiger partial charge in [0.2, 0.25) is 5.91 Å². The lowest BCUT2D eigenvalue weighted by atomic mass is 10.1. The maximum Gasteiger partial charge on any atom is 0.244 e. The fourth-order valence-corrected chi connectivity index (χ4v) is 1.83. The third kappa shape index (κ3) is 4.64. The summed E-state index contributed by atoms with van der Waals surface area (Å²) in [5, 5.41) is 30.9. The van der Waals surface area contributed by atoms with E-state index in [1.54, 1.807) is 30.3 Å². The van der Waals surface area contributed by atoms with Gasteiger partial charge in [0.05, 0.1) is 6.10 Å². The van der Waals surface area contributed by atoms with E-state index < -0.39 is 6.10 Å². The normalized spacial score (nSPS) is 12.2. The van der Waals surface area contributed by atoms with E-state index in [1.165, 1.54) is 30.3 Å². The molecule has 0 aliphatic heterocycles. The predicted octanol–water partition coefficient (Wildman–Crippen LogP) is 1.96. The van der Waals surface area contributed by atoms with Crippen molar-refractivity contribution in [3.05, 3.63) is 65.7 Å². The Bertz CT molecular complexity index is 647. The number of aromatic hydroxyl groups is 2. The zero-order valence-corrected chi connectivity index (χ0v) is 11.8. The first-order chi connectivity index (χ1) is 10.5. The van der Waals surface area contributed by atoms with Gasteiger partial charge in [0.25, 0.3) is 0 Å². The number of nitrogens with one attached hydrogen (secondary N) is 1. The molecule has 0 aromatic heterocycles. The Morgan fingerprint density at radius 1 is 1.00 bits per heavy atom. The van der Waals surface area contributed by atoms with Gasteiger partial charge in [-0.2, -0.15) is 0 Å². The molecule has 0 spiro atoms. The maximum absolute atomic E-state index is 11.7. The molecule has 0 saturated heterocycles. The standard InChI is InChI=1S/C17H17NO4/c19-14-6-1-12(2-7-14)3-10-17(22)18-11-16(21)13-4-8-15(20)9-5-13/h1-10,16,19-21H,11H2,(H,18,22)/b10-3+. The average Bonchev–Trinajstić information content (AvgIpc) is 2.52. The van der Waals surface area contributed by atoms with Crippen molar-refractivity contribution in [2.45, 2.75) is 6.10 Å². The lowest BCUT2D eigenvalue weighted by Crippen LogP contribution is -2.26. The van der Waals surface area contributed by atoms with Crippen LogP contribution in [0.25, 0.3) is 6.08 Å². The summed E-state index contributed by atoms with van der Waals surface area (Å²) in [6.45, 7) is 0.0729. The Hall–Kier alpha value is -2.79. The Balaban J connectivity index is 1.84. The highest BCUT2D eigenvalue weighted by Crippen LogP contribution is 2.16. The number of aliphatic hydroxyl groups excluding tert-OH is 1. The van der Waals surface area contributed by atoms with Crippen LogP contribution >= 0.6 is 0 Å². The van der Waals surface area contributed by atoms with Gasteiger partial charge in [-0.15, -0.1) is 0 Å². The SMILES string of the molecule is O=C(/C=C/c1ccc(O)cc1)NCC(O)c1ccc(O)cc1. The zero-order valence-electron chi connectivity index (χ0n) is 11.8. The largest absolute Gasteiger partial charge is 0.508 e. The number of benzene rings is 2. The highest BCUT2D eigenvalue weighted by molar-refractivity contribution is 5.91. The second-order valence-corrected chi connectivity index (χ2v) is 4.78. The molecular weight excluding hydrogens is 282 g/mol. The van der Waals surface area contributed by atoms with Gasteiger partial charge in [-0.25, -0.2) is 0 Å². The summed E-state index contributed by atoms with van der Waals surface area (Å²) in [6.07, 6.45) is 2.13. The van der Waals surface area contributed by atoms with Gasteiger partial charge in [0, 0.05) is 12.6 Å². The molecule has 0 fully saturated rings. The van der Waals surface area contributed by atoms with Crippen molar-refractivity contribution in [3.63, 3.8) is 0 Å². The maximum atomic E-state index is 11.7. The van der Waals surface area contributed by atoms with Crippen LogP contribution in [0.3, 0.4) is 0 Å². The van der Waals surface area contributed by atoms with E-state index >= 15 is 0 Å². The molecular formula is C17H17NO4. The predicted molar refractivity (Wildman–Crippen MR) is 83.2 cm³/mol. The molecule has 0 radical (unpaired) electrons. The van der Waals surface area contributed by atoms with E-state index in [4.69, 9.17) is 5.11 Å². The molecule has 2 aromatic carbocycles. The number of phenolic OH excluding ortho intramolecular Hbond substituents is 2. The van der Waals surface area contributed by atoms with Crippen molar-refractivity contribution >= 4 is 12.0 Å². The van der Waals surface area contributed by atoms with Crippen molar-refractivity contribution < 1.29 is 20.1 Å². The molecule has 114 valence electrons. The van der Waals surface area contributed by atoms with Crippen molar-refractivity contribution in [2.24, 2.45) is 0 Å². The average molecular weight is 299 g/mol. The van der Waals surface area contributed by atoms with Gasteiger partial charge in [-0.1, -0.05) is 24.3 Å². The number of carbonyl (C=O) groups is 1. The number of carbonyl (C=O) groups excluding carboxylic acids is 1. The summed E-state index contributed by atoms with van der Waals surface area (Å²) in [5.41, 5.74) is 1.40. The molecule has 5 heteroatoms. The van der Waals surface area contributed by atoms with Crippen molar-refractivity contribution in [1.29, 1.82) is 0 Å². The molecule has 0 saturated carbocycles. The summed E-state index contributed by atoms with van der Waals surface area (Å²) in [5.74, 6) is -0.0404. The van der Waals surface area contributed by atoms with E-state index in [2.05, 4.69) is 5.32 Å². The molecule has 5 nitrogen and oxygen atoms in total. The van der Waals surface area contributed by atoms with Crippen LogP contribution in [0.5, 0.6) is 11.5 Å². The zero-order chi connectivity index (χ0) is 15.9. The number of phenols is 2. The Morgan fingerprint density at radius 3 is 2.14 bits per heavy atom. The van der Waals surface area contributed by atoms with Crippen LogP contribution in [0.1, 0.15) is 17.2 Å². The minimum Gasteiger partial charge on any atom is -0.508 e. The summed E-state index contributed by atoms with van der Waals surface area (Å²) < 4.78 is 0. The molecule has 0 bridgehead atoms. The number of aliphatic hydroxyl groups is 1. The van der Waals surface area contributed by atoms with Gasteiger partial charge < -0.3 is 20.6 Å². The van der Waals surface area contributed by atoms with Gasteiger partial charge in [0.1, 0.15) is 11.5 Å². The molecule has 22 heavy (non-hydrogen) atoms. The van der Waals surface area contributed by atoms with Crippen LogP contribution in [-0.2, 0) is 4.79 Å². The first kappa shape index (κ1) is 15.6. The molecule has 0 aliphatic rings.